The number of carbonyl (C=O) groups excluding carboxylic acids is 1. The fourth-order valence-electron chi connectivity index (χ4n) is 4.00. The number of ketones is 1. The molecule has 4 aromatic rings. The van der Waals surface area contributed by atoms with Crippen molar-refractivity contribution in [1.82, 2.24) is 9.55 Å². The highest BCUT2D eigenvalue weighted by Gasteiger charge is 2.23. The van der Waals surface area contributed by atoms with Crippen molar-refractivity contribution in [2.24, 2.45) is 0 Å². The van der Waals surface area contributed by atoms with E-state index in [0.717, 1.165) is 22.2 Å². The van der Waals surface area contributed by atoms with Crippen LogP contribution in [0.5, 0.6) is 17.4 Å². The van der Waals surface area contributed by atoms with E-state index >= 15 is 0 Å². The lowest BCUT2D eigenvalue weighted by molar-refractivity contribution is -0.144. The predicted octanol–water partition coefficient (Wildman–Crippen LogP) is 4.49. The molecular weight excluding hydrogens is 448 g/mol. The summed E-state index contributed by atoms with van der Waals surface area (Å²) in [6.07, 6.45) is 0.725. The molecule has 2 heterocycles. The molecule has 0 fully saturated rings. The molecule has 8 heteroatoms. The van der Waals surface area contributed by atoms with E-state index in [2.05, 4.69) is 4.98 Å². The van der Waals surface area contributed by atoms with Gasteiger partial charge in [0.2, 0.25) is 5.88 Å². The van der Waals surface area contributed by atoms with Gasteiger partial charge in [-0.05, 0) is 55.8 Å². The molecule has 180 valence electrons. The molecule has 0 amide bonds. The highest BCUT2D eigenvalue weighted by atomic mass is 16.5. The number of carboxylic acid groups (broad SMARTS) is 1. The molecule has 4 rings (SSSR count). The molecule has 8 nitrogen and oxygen atoms in total. The standard InChI is InChI=1S/C27H26N2O6/c1-16-25(26(30)19-8-10-20(33-3)11-9-19)22-13-24(34-4)28-14-23(22)29(16)15-18-6-5-7-21(12-18)35-17(2)27(31)32/h5-14,17H,15H2,1-4H3,(H,31,32)/t17-/m0/s1. The van der Waals surface area contributed by atoms with Crippen LogP contribution in [0.2, 0.25) is 0 Å². The molecule has 0 spiro atoms. The van der Waals surface area contributed by atoms with Gasteiger partial charge < -0.3 is 23.9 Å². The summed E-state index contributed by atoms with van der Waals surface area (Å²) in [6.45, 7) is 3.82. The summed E-state index contributed by atoms with van der Waals surface area (Å²) in [6, 6.07) is 16.0. The van der Waals surface area contributed by atoms with Gasteiger partial charge in [0, 0.05) is 29.3 Å². The molecule has 0 aliphatic rings. The van der Waals surface area contributed by atoms with E-state index in [4.69, 9.17) is 19.3 Å². The fraction of sp³-hybridized carbons (Fsp3) is 0.222. The lowest BCUT2D eigenvalue weighted by atomic mass is 10.0. The van der Waals surface area contributed by atoms with Crippen molar-refractivity contribution in [3.8, 4) is 17.4 Å². The molecule has 0 aliphatic carbocycles. The minimum absolute atomic E-state index is 0.116. The van der Waals surface area contributed by atoms with Crippen molar-refractivity contribution < 1.29 is 28.9 Å². The summed E-state index contributed by atoms with van der Waals surface area (Å²) in [5, 5.41) is 9.88. The van der Waals surface area contributed by atoms with E-state index in [1.54, 1.807) is 55.8 Å². The number of benzene rings is 2. The minimum atomic E-state index is -1.04. The first kappa shape index (κ1) is 23.8. The number of pyridine rings is 1. The first-order valence-corrected chi connectivity index (χ1v) is 11.0. The van der Waals surface area contributed by atoms with Crippen LogP contribution in [0, 0.1) is 6.92 Å². The Hall–Kier alpha value is -4.33. The molecule has 2 aromatic heterocycles. The van der Waals surface area contributed by atoms with Gasteiger partial charge in [-0.15, -0.1) is 0 Å². The number of aromatic nitrogens is 2. The molecule has 0 unspecified atom stereocenters. The van der Waals surface area contributed by atoms with Gasteiger partial charge in [-0.3, -0.25) is 4.79 Å². The van der Waals surface area contributed by atoms with Crippen molar-refractivity contribution in [2.75, 3.05) is 14.2 Å². The average Bonchev–Trinajstić information content (AvgIpc) is 3.14. The summed E-state index contributed by atoms with van der Waals surface area (Å²) >= 11 is 0. The second-order valence-corrected chi connectivity index (χ2v) is 8.09. The number of rotatable bonds is 9. The fourth-order valence-corrected chi connectivity index (χ4v) is 4.00. The van der Waals surface area contributed by atoms with Crippen LogP contribution in [0.25, 0.3) is 10.9 Å². The highest BCUT2D eigenvalue weighted by Crippen LogP contribution is 2.31. The van der Waals surface area contributed by atoms with Crippen molar-refractivity contribution >= 4 is 22.7 Å². The molecule has 1 N–H and O–H groups in total. The zero-order valence-corrected chi connectivity index (χ0v) is 19.9. The average molecular weight is 475 g/mol. The molecular formula is C27H26N2O6. The predicted molar refractivity (Wildman–Crippen MR) is 131 cm³/mol. The van der Waals surface area contributed by atoms with Gasteiger partial charge in [-0.2, -0.15) is 0 Å². The van der Waals surface area contributed by atoms with Crippen LogP contribution < -0.4 is 14.2 Å². The van der Waals surface area contributed by atoms with E-state index in [9.17, 15) is 9.59 Å². The maximum Gasteiger partial charge on any atom is 0.344 e. The first-order chi connectivity index (χ1) is 16.8. The highest BCUT2D eigenvalue weighted by molar-refractivity contribution is 6.17. The summed E-state index contributed by atoms with van der Waals surface area (Å²) < 4.78 is 18.1. The Morgan fingerprint density at radius 2 is 1.77 bits per heavy atom. The Bertz CT molecular complexity index is 1390. The number of carbonyl (C=O) groups is 2. The zero-order valence-electron chi connectivity index (χ0n) is 19.9. The normalized spacial score (nSPS) is 11.8. The summed E-state index contributed by atoms with van der Waals surface area (Å²) in [4.78, 5) is 29.1. The molecule has 1 atom stereocenters. The third-order valence-electron chi connectivity index (χ3n) is 5.87. The van der Waals surface area contributed by atoms with E-state index in [-0.39, 0.29) is 5.78 Å². The van der Waals surface area contributed by atoms with Crippen LogP contribution in [-0.2, 0) is 11.3 Å². The molecule has 0 saturated carbocycles. The third-order valence-corrected chi connectivity index (χ3v) is 5.87. The van der Waals surface area contributed by atoms with E-state index in [1.807, 2.05) is 23.6 Å². The maximum absolute atomic E-state index is 13.6. The number of nitrogens with zero attached hydrogens (tertiary/aromatic N) is 2. The lowest BCUT2D eigenvalue weighted by Crippen LogP contribution is -2.22. The Morgan fingerprint density at radius 1 is 1.03 bits per heavy atom. The number of aliphatic carboxylic acids is 1. The van der Waals surface area contributed by atoms with E-state index in [1.165, 1.54) is 14.0 Å². The quantitative estimate of drug-likeness (QED) is 0.357. The van der Waals surface area contributed by atoms with Crippen LogP contribution >= 0.6 is 0 Å². The monoisotopic (exact) mass is 474 g/mol. The SMILES string of the molecule is COc1ccc(C(=O)c2c(C)n(Cc3cccc(O[C@@H](C)C(=O)O)c3)c3cnc(OC)cc23)cc1. The van der Waals surface area contributed by atoms with E-state index in [0.29, 0.717) is 35.1 Å². The molecule has 2 aromatic carbocycles. The first-order valence-electron chi connectivity index (χ1n) is 11.0. The summed E-state index contributed by atoms with van der Waals surface area (Å²) in [5.74, 6) is 0.391. The Kier molecular flexibility index (Phi) is 6.73. The number of hydrogen-bond donors (Lipinski definition) is 1. The van der Waals surface area contributed by atoms with Crippen LogP contribution in [0.1, 0.15) is 34.1 Å². The Morgan fingerprint density at radius 3 is 2.43 bits per heavy atom. The largest absolute Gasteiger partial charge is 0.497 e. The number of fused-ring (bicyclic) bond motifs is 1. The summed E-state index contributed by atoms with van der Waals surface area (Å²) in [7, 11) is 3.11. The number of hydrogen-bond acceptors (Lipinski definition) is 6. The smallest absolute Gasteiger partial charge is 0.344 e. The molecule has 35 heavy (non-hydrogen) atoms. The number of methoxy groups -OCH3 is 2. The maximum atomic E-state index is 13.6. The van der Waals surface area contributed by atoms with Gasteiger partial charge in [0.15, 0.2) is 11.9 Å². The molecule has 0 saturated heterocycles. The zero-order chi connectivity index (χ0) is 25.1. The molecule has 0 radical (unpaired) electrons. The summed E-state index contributed by atoms with van der Waals surface area (Å²) in [5.41, 5.74) is 3.56. The Labute approximate surface area is 202 Å². The van der Waals surface area contributed by atoms with Gasteiger partial charge in [-0.1, -0.05) is 12.1 Å². The van der Waals surface area contributed by atoms with Crippen LogP contribution in [0.4, 0.5) is 0 Å². The van der Waals surface area contributed by atoms with Crippen molar-refractivity contribution in [3.63, 3.8) is 0 Å². The third kappa shape index (κ3) is 4.82. The topological polar surface area (TPSA) is 99.9 Å². The second kappa shape index (κ2) is 9.89. The van der Waals surface area contributed by atoms with Gasteiger partial charge in [0.25, 0.3) is 0 Å². The van der Waals surface area contributed by atoms with Crippen LogP contribution in [0.15, 0.2) is 60.8 Å². The van der Waals surface area contributed by atoms with Crippen molar-refractivity contribution in [3.05, 3.63) is 83.2 Å². The van der Waals surface area contributed by atoms with Gasteiger partial charge in [0.05, 0.1) is 31.5 Å². The van der Waals surface area contributed by atoms with Crippen molar-refractivity contribution in [2.45, 2.75) is 26.5 Å². The number of carboxylic acids is 1. The number of ether oxygens (including phenoxy) is 3. The van der Waals surface area contributed by atoms with E-state index < -0.39 is 12.1 Å². The van der Waals surface area contributed by atoms with Crippen LogP contribution in [-0.4, -0.2) is 46.7 Å². The van der Waals surface area contributed by atoms with Crippen LogP contribution in [0.3, 0.4) is 0 Å². The van der Waals surface area contributed by atoms with Gasteiger partial charge >= 0.3 is 5.97 Å². The van der Waals surface area contributed by atoms with Crippen molar-refractivity contribution in [1.29, 1.82) is 0 Å². The minimum Gasteiger partial charge on any atom is -0.497 e. The van der Waals surface area contributed by atoms with Gasteiger partial charge in [-0.25, -0.2) is 9.78 Å². The lowest BCUT2D eigenvalue weighted by Gasteiger charge is -2.13. The van der Waals surface area contributed by atoms with Gasteiger partial charge in [0.1, 0.15) is 11.5 Å². The molecule has 0 bridgehead atoms. The Balaban J connectivity index is 1.77. The molecule has 0 aliphatic heterocycles. The second-order valence-electron chi connectivity index (χ2n) is 8.09.